The number of benzene rings is 6. The average molecular weight is 542 g/mol. The average Bonchev–Trinajstić information content (AvgIpc) is 3.61. The van der Waals surface area contributed by atoms with Crippen LogP contribution in [0.3, 0.4) is 0 Å². The predicted octanol–water partition coefficient (Wildman–Crippen LogP) is 11.1. The van der Waals surface area contributed by atoms with Crippen LogP contribution in [0, 0.1) is 0 Å². The van der Waals surface area contributed by atoms with Crippen LogP contribution in [0.15, 0.2) is 127 Å². The van der Waals surface area contributed by atoms with E-state index in [1.807, 2.05) is 11.3 Å². The first kappa shape index (κ1) is 23.1. The van der Waals surface area contributed by atoms with Crippen LogP contribution in [0.25, 0.3) is 69.9 Å². The maximum Gasteiger partial charge on any atom is 0.0555 e. The molecule has 0 N–H and O–H groups in total. The lowest BCUT2D eigenvalue weighted by Gasteiger charge is -2.21. The van der Waals surface area contributed by atoms with Crippen molar-refractivity contribution in [3.05, 3.63) is 139 Å². The van der Waals surface area contributed by atoms with E-state index >= 15 is 0 Å². The van der Waals surface area contributed by atoms with Gasteiger partial charge in [0.15, 0.2) is 0 Å². The Bertz CT molecular complexity index is 2330. The van der Waals surface area contributed by atoms with Gasteiger partial charge in [-0.3, -0.25) is 0 Å². The normalized spacial score (nSPS) is 13.8. The third-order valence-corrected chi connectivity index (χ3v) is 10.3. The monoisotopic (exact) mass is 541 g/mol. The minimum absolute atomic E-state index is 0.0324. The number of fused-ring (bicyclic) bond motifs is 9. The van der Waals surface area contributed by atoms with Crippen LogP contribution in [0.4, 0.5) is 0 Å². The Morgan fingerprint density at radius 3 is 2.07 bits per heavy atom. The van der Waals surface area contributed by atoms with Gasteiger partial charge in [-0.05, 0) is 75.8 Å². The van der Waals surface area contributed by atoms with Crippen molar-refractivity contribution in [1.82, 2.24) is 4.57 Å². The molecule has 1 aliphatic carbocycles. The first-order chi connectivity index (χ1) is 20.1. The fourth-order valence-corrected chi connectivity index (χ4v) is 8.29. The number of para-hydroxylation sites is 1. The summed E-state index contributed by atoms with van der Waals surface area (Å²) in [5.74, 6) is 0. The van der Waals surface area contributed by atoms with Gasteiger partial charge in [-0.15, -0.1) is 11.3 Å². The summed E-state index contributed by atoms with van der Waals surface area (Å²) in [5.41, 5.74) is 11.8. The minimum Gasteiger partial charge on any atom is -0.309 e. The van der Waals surface area contributed by atoms with Crippen LogP contribution in [-0.2, 0) is 5.41 Å². The van der Waals surface area contributed by atoms with E-state index in [2.05, 4.69) is 146 Å². The van der Waals surface area contributed by atoms with Gasteiger partial charge < -0.3 is 4.57 Å². The lowest BCUT2D eigenvalue weighted by Crippen LogP contribution is -2.14. The van der Waals surface area contributed by atoms with Crippen LogP contribution < -0.4 is 0 Å². The smallest absolute Gasteiger partial charge is 0.0555 e. The number of hydrogen-bond donors (Lipinski definition) is 0. The summed E-state index contributed by atoms with van der Waals surface area (Å²) in [6.45, 7) is 4.68. The van der Waals surface area contributed by atoms with Gasteiger partial charge in [0.05, 0.1) is 11.0 Å². The molecule has 1 nitrogen and oxygen atoms in total. The topological polar surface area (TPSA) is 4.93 Å². The van der Waals surface area contributed by atoms with Crippen molar-refractivity contribution < 1.29 is 0 Å². The summed E-state index contributed by atoms with van der Waals surface area (Å²) < 4.78 is 5.11. The molecular weight excluding hydrogens is 515 g/mol. The van der Waals surface area contributed by atoms with Gasteiger partial charge in [0.25, 0.3) is 0 Å². The molecule has 6 aromatic carbocycles. The molecule has 2 heterocycles. The summed E-state index contributed by atoms with van der Waals surface area (Å²) in [5, 5.41) is 5.29. The fraction of sp³-hybridized carbons (Fsp3) is 0.0769. The standard InChI is InChI=1S/C39H27NS/c1-39(2)33-12-6-3-9-27(33)30-21-25(17-20-34(30)39)24-15-18-26(19-16-24)40-35-13-7-4-10-28(35)31-22-32-29-11-5-8-14-37(29)41-38(32)23-36(31)40/h3-23H,1-2H3. The van der Waals surface area contributed by atoms with Gasteiger partial charge in [-0.2, -0.15) is 0 Å². The van der Waals surface area contributed by atoms with E-state index in [9.17, 15) is 0 Å². The van der Waals surface area contributed by atoms with Crippen molar-refractivity contribution in [2.24, 2.45) is 0 Å². The number of thiophene rings is 1. The highest BCUT2D eigenvalue weighted by Gasteiger charge is 2.35. The Hall–Kier alpha value is -4.66. The number of rotatable bonds is 2. The molecule has 0 fully saturated rings. The van der Waals surface area contributed by atoms with Gasteiger partial charge in [0.1, 0.15) is 0 Å². The molecule has 41 heavy (non-hydrogen) atoms. The predicted molar refractivity (Wildman–Crippen MR) is 177 cm³/mol. The molecular formula is C39H27NS. The summed E-state index contributed by atoms with van der Waals surface area (Å²) in [7, 11) is 0. The van der Waals surface area contributed by atoms with Gasteiger partial charge in [-0.1, -0.05) is 98.8 Å². The van der Waals surface area contributed by atoms with Crippen LogP contribution in [-0.4, -0.2) is 4.57 Å². The van der Waals surface area contributed by atoms with Crippen LogP contribution in [0.1, 0.15) is 25.0 Å². The van der Waals surface area contributed by atoms with Gasteiger partial charge in [0, 0.05) is 42.0 Å². The highest BCUT2D eigenvalue weighted by Crippen LogP contribution is 2.49. The quantitative estimate of drug-likeness (QED) is 0.205. The summed E-state index contributed by atoms with van der Waals surface area (Å²) >= 11 is 1.88. The van der Waals surface area contributed by atoms with Crippen molar-refractivity contribution in [2.75, 3.05) is 0 Å². The molecule has 194 valence electrons. The van der Waals surface area contributed by atoms with E-state index in [1.165, 1.54) is 81.0 Å². The molecule has 1 aliphatic rings. The number of hydrogen-bond acceptors (Lipinski definition) is 1. The Balaban J connectivity index is 1.20. The third kappa shape index (κ3) is 3.17. The zero-order chi connectivity index (χ0) is 27.3. The Morgan fingerprint density at radius 2 is 1.20 bits per heavy atom. The molecule has 0 aliphatic heterocycles. The van der Waals surface area contributed by atoms with E-state index in [1.54, 1.807) is 0 Å². The van der Waals surface area contributed by atoms with E-state index in [0.717, 1.165) is 0 Å². The molecule has 8 aromatic rings. The van der Waals surface area contributed by atoms with Crippen molar-refractivity contribution in [3.8, 4) is 27.9 Å². The summed E-state index contributed by atoms with van der Waals surface area (Å²) in [4.78, 5) is 0. The molecule has 2 heteroatoms. The summed E-state index contributed by atoms with van der Waals surface area (Å²) in [6, 6.07) is 47.3. The van der Waals surface area contributed by atoms with E-state index in [-0.39, 0.29) is 5.41 Å². The molecule has 0 saturated carbocycles. The van der Waals surface area contributed by atoms with E-state index < -0.39 is 0 Å². The minimum atomic E-state index is 0.0324. The second kappa shape index (κ2) is 8.19. The van der Waals surface area contributed by atoms with E-state index in [4.69, 9.17) is 0 Å². The first-order valence-corrected chi connectivity index (χ1v) is 15.1. The lowest BCUT2D eigenvalue weighted by molar-refractivity contribution is 0.660. The second-order valence-electron chi connectivity index (χ2n) is 11.8. The summed E-state index contributed by atoms with van der Waals surface area (Å²) in [6.07, 6.45) is 0. The number of aromatic nitrogens is 1. The van der Waals surface area contributed by atoms with Gasteiger partial charge in [0.2, 0.25) is 0 Å². The highest BCUT2D eigenvalue weighted by atomic mass is 32.1. The molecule has 2 aromatic heterocycles. The maximum atomic E-state index is 2.43. The molecule has 0 unspecified atom stereocenters. The van der Waals surface area contributed by atoms with Crippen LogP contribution in [0.5, 0.6) is 0 Å². The largest absolute Gasteiger partial charge is 0.309 e. The van der Waals surface area contributed by atoms with Crippen molar-refractivity contribution >= 4 is 53.3 Å². The molecule has 0 amide bonds. The SMILES string of the molecule is CC1(C)c2ccccc2-c2cc(-c3ccc(-n4c5ccccc5c5cc6c(cc54)sc4ccccc46)cc3)ccc21. The molecule has 0 bridgehead atoms. The Labute approximate surface area is 242 Å². The van der Waals surface area contributed by atoms with Gasteiger partial charge in [-0.25, -0.2) is 0 Å². The zero-order valence-corrected chi connectivity index (χ0v) is 23.8. The number of nitrogens with zero attached hydrogens (tertiary/aromatic N) is 1. The molecule has 0 spiro atoms. The van der Waals surface area contributed by atoms with Crippen molar-refractivity contribution in [1.29, 1.82) is 0 Å². The van der Waals surface area contributed by atoms with Crippen LogP contribution in [0.2, 0.25) is 0 Å². The zero-order valence-electron chi connectivity index (χ0n) is 23.0. The van der Waals surface area contributed by atoms with E-state index in [0.29, 0.717) is 0 Å². The maximum absolute atomic E-state index is 2.43. The molecule has 0 saturated heterocycles. The first-order valence-electron chi connectivity index (χ1n) is 14.3. The highest BCUT2D eigenvalue weighted by molar-refractivity contribution is 7.25. The Morgan fingerprint density at radius 1 is 0.488 bits per heavy atom. The van der Waals surface area contributed by atoms with Crippen molar-refractivity contribution in [2.45, 2.75) is 19.3 Å². The van der Waals surface area contributed by atoms with Crippen LogP contribution >= 0.6 is 11.3 Å². The van der Waals surface area contributed by atoms with Crippen molar-refractivity contribution in [3.63, 3.8) is 0 Å². The fourth-order valence-electron chi connectivity index (χ4n) is 7.17. The Kier molecular flexibility index (Phi) is 4.61. The third-order valence-electron chi connectivity index (χ3n) is 9.21. The second-order valence-corrected chi connectivity index (χ2v) is 12.9. The van der Waals surface area contributed by atoms with Gasteiger partial charge >= 0.3 is 0 Å². The molecule has 9 rings (SSSR count). The molecule has 0 atom stereocenters. The lowest BCUT2D eigenvalue weighted by atomic mass is 9.82. The molecule has 0 radical (unpaired) electrons.